The van der Waals surface area contributed by atoms with Crippen LogP contribution in [0.3, 0.4) is 0 Å². The Morgan fingerprint density at radius 3 is 2.79 bits per heavy atom. The van der Waals surface area contributed by atoms with Crippen LogP contribution < -0.4 is 4.74 Å². The summed E-state index contributed by atoms with van der Waals surface area (Å²) in [5.41, 5.74) is 1.07. The zero-order valence-electron chi connectivity index (χ0n) is 12.8. The van der Waals surface area contributed by atoms with E-state index in [0.717, 1.165) is 10.8 Å². The number of methoxy groups -OCH3 is 1. The number of aromatic nitrogens is 3. The predicted octanol–water partition coefficient (Wildman–Crippen LogP) is 3.67. The molecule has 118 valence electrons. The maximum atomic E-state index is 10.1. The summed E-state index contributed by atoms with van der Waals surface area (Å²) in [7, 11) is 1.53. The van der Waals surface area contributed by atoms with Gasteiger partial charge in [-0.3, -0.25) is 4.98 Å². The average molecular weight is 319 g/mol. The van der Waals surface area contributed by atoms with Gasteiger partial charge in [-0.2, -0.15) is 4.98 Å². The zero-order chi connectivity index (χ0) is 16.5. The first-order valence-corrected chi connectivity index (χ1v) is 7.31. The molecule has 24 heavy (non-hydrogen) atoms. The molecule has 6 nitrogen and oxygen atoms in total. The third-order valence-electron chi connectivity index (χ3n) is 3.75. The van der Waals surface area contributed by atoms with Gasteiger partial charge in [0.15, 0.2) is 0 Å². The van der Waals surface area contributed by atoms with Gasteiger partial charge >= 0.3 is 0 Å². The van der Waals surface area contributed by atoms with Crippen molar-refractivity contribution in [2.75, 3.05) is 7.11 Å². The lowest BCUT2D eigenvalue weighted by Gasteiger charge is -2.03. The van der Waals surface area contributed by atoms with Gasteiger partial charge in [0.1, 0.15) is 17.2 Å². The largest absolute Gasteiger partial charge is 0.507 e. The van der Waals surface area contributed by atoms with Gasteiger partial charge in [-0.15, -0.1) is 0 Å². The molecule has 0 radical (unpaired) electrons. The third kappa shape index (κ3) is 2.34. The third-order valence-corrected chi connectivity index (χ3v) is 3.75. The summed E-state index contributed by atoms with van der Waals surface area (Å²) < 4.78 is 10.4. The minimum absolute atomic E-state index is 0.00966. The molecule has 0 amide bonds. The second-order valence-corrected chi connectivity index (χ2v) is 5.19. The zero-order valence-corrected chi connectivity index (χ0v) is 12.8. The van der Waals surface area contributed by atoms with E-state index in [4.69, 9.17) is 9.26 Å². The molecule has 0 aliphatic rings. The Balaban J connectivity index is 1.80. The fourth-order valence-electron chi connectivity index (χ4n) is 2.55. The van der Waals surface area contributed by atoms with Crippen LogP contribution in [0.1, 0.15) is 0 Å². The van der Waals surface area contributed by atoms with Crippen LogP contribution in [0.25, 0.3) is 33.7 Å². The molecule has 4 rings (SSSR count). The van der Waals surface area contributed by atoms with Crippen molar-refractivity contribution in [3.8, 4) is 34.5 Å². The van der Waals surface area contributed by atoms with E-state index >= 15 is 0 Å². The number of benzene rings is 2. The molecule has 0 spiro atoms. The van der Waals surface area contributed by atoms with E-state index < -0.39 is 0 Å². The Labute approximate surface area is 137 Å². The summed E-state index contributed by atoms with van der Waals surface area (Å²) in [6.07, 6.45) is 1.71. The second-order valence-electron chi connectivity index (χ2n) is 5.19. The fraction of sp³-hybridized carbons (Fsp3) is 0.0556. The van der Waals surface area contributed by atoms with Gasteiger partial charge in [-0.05, 0) is 23.6 Å². The maximum absolute atomic E-state index is 10.1. The lowest BCUT2D eigenvalue weighted by molar-refractivity contribution is 0.405. The first kappa shape index (κ1) is 14.2. The topological polar surface area (TPSA) is 81.3 Å². The Kier molecular flexibility index (Phi) is 3.35. The van der Waals surface area contributed by atoms with Gasteiger partial charge in [0, 0.05) is 17.6 Å². The van der Waals surface area contributed by atoms with Crippen LogP contribution in [0.2, 0.25) is 0 Å². The van der Waals surface area contributed by atoms with E-state index in [9.17, 15) is 5.11 Å². The van der Waals surface area contributed by atoms with E-state index in [2.05, 4.69) is 15.1 Å². The lowest BCUT2D eigenvalue weighted by Crippen LogP contribution is -1.88. The first-order chi connectivity index (χ1) is 11.8. The van der Waals surface area contributed by atoms with Crippen molar-refractivity contribution in [3.63, 3.8) is 0 Å². The van der Waals surface area contributed by atoms with Crippen molar-refractivity contribution in [1.29, 1.82) is 0 Å². The number of phenolic OH excluding ortho intramolecular Hbond substituents is 1. The molecular formula is C18H13N3O3. The van der Waals surface area contributed by atoms with Gasteiger partial charge in [0.2, 0.25) is 5.82 Å². The molecule has 2 heterocycles. The summed E-state index contributed by atoms with van der Waals surface area (Å²) in [4.78, 5) is 8.74. The molecule has 0 fully saturated rings. The van der Waals surface area contributed by atoms with Crippen molar-refractivity contribution in [3.05, 3.63) is 54.7 Å². The quantitative estimate of drug-likeness (QED) is 0.620. The van der Waals surface area contributed by atoms with Crippen molar-refractivity contribution < 1.29 is 14.4 Å². The molecular weight excluding hydrogens is 306 g/mol. The molecule has 0 unspecified atom stereocenters. The summed E-state index contributed by atoms with van der Waals surface area (Å²) in [5.74, 6) is 1.15. The minimum Gasteiger partial charge on any atom is -0.507 e. The Morgan fingerprint density at radius 2 is 1.96 bits per heavy atom. The second kappa shape index (κ2) is 5.66. The molecule has 2 aromatic heterocycles. The standard InChI is InChI=1S/C18H13N3O3/c1-23-12-6-7-14(15(22)10-12)18-20-17(21-24-18)16-13-5-3-2-4-11(13)8-9-19-16/h2-10,22H,1H3. The predicted molar refractivity (Wildman–Crippen MR) is 88.7 cm³/mol. The number of pyridine rings is 1. The van der Waals surface area contributed by atoms with Crippen molar-refractivity contribution in [2.45, 2.75) is 0 Å². The van der Waals surface area contributed by atoms with Crippen LogP contribution >= 0.6 is 0 Å². The van der Waals surface area contributed by atoms with Gasteiger partial charge in [0.05, 0.1) is 12.7 Å². The molecule has 0 bridgehead atoms. The highest BCUT2D eigenvalue weighted by Gasteiger charge is 2.16. The van der Waals surface area contributed by atoms with E-state index in [1.807, 2.05) is 30.3 Å². The normalized spacial score (nSPS) is 10.9. The van der Waals surface area contributed by atoms with Crippen LogP contribution in [0.4, 0.5) is 0 Å². The minimum atomic E-state index is 0.00966. The highest BCUT2D eigenvalue weighted by Crippen LogP contribution is 2.33. The van der Waals surface area contributed by atoms with E-state index in [0.29, 0.717) is 22.8 Å². The molecule has 0 aliphatic heterocycles. The Morgan fingerprint density at radius 1 is 1.08 bits per heavy atom. The van der Waals surface area contributed by atoms with E-state index in [1.54, 1.807) is 18.3 Å². The van der Waals surface area contributed by atoms with Crippen LogP contribution in [0.15, 0.2) is 59.3 Å². The number of hydrogen-bond donors (Lipinski definition) is 1. The molecule has 2 aromatic carbocycles. The molecule has 1 N–H and O–H groups in total. The van der Waals surface area contributed by atoms with Gasteiger partial charge < -0.3 is 14.4 Å². The van der Waals surface area contributed by atoms with E-state index in [-0.39, 0.29) is 11.6 Å². The number of hydrogen-bond acceptors (Lipinski definition) is 6. The van der Waals surface area contributed by atoms with Gasteiger partial charge in [0.25, 0.3) is 5.89 Å². The molecule has 0 saturated carbocycles. The number of nitrogens with zero attached hydrogens (tertiary/aromatic N) is 3. The number of aromatic hydroxyl groups is 1. The van der Waals surface area contributed by atoms with Gasteiger partial charge in [-0.1, -0.05) is 29.4 Å². The monoisotopic (exact) mass is 319 g/mol. The summed E-state index contributed by atoms with van der Waals surface area (Å²) in [6.45, 7) is 0. The van der Waals surface area contributed by atoms with Crippen LogP contribution in [-0.2, 0) is 0 Å². The Hall–Kier alpha value is -3.41. The van der Waals surface area contributed by atoms with Crippen molar-refractivity contribution in [2.24, 2.45) is 0 Å². The lowest BCUT2D eigenvalue weighted by atomic mass is 10.1. The number of rotatable bonds is 3. The molecule has 0 aliphatic carbocycles. The molecule has 0 saturated heterocycles. The maximum Gasteiger partial charge on any atom is 0.262 e. The Bertz CT molecular complexity index is 1020. The van der Waals surface area contributed by atoms with Crippen LogP contribution in [0, 0.1) is 0 Å². The van der Waals surface area contributed by atoms with Crippen LogP contribution in [0.5, 0.6) is 11.5 Å². The first-order valence-electron chi connectivity index (χ1n) is 7.31. The van der Waals surface area contributed by atoms with Crippen molar-refractivity contribution >= 4 is 10.8 Å². The highest BCUT2D eigenvalue weighted by molar-refractivity contribution is 5.92. The molecule has 6 heteroatoms. The fourth-order valence-corrected chi connectivity index (χ4v) is 2.55. The van der Waals surface area contributed by atoms with Crippen molar-refractivity contribution in [1.82, 2.24) is 15.1 Å². The smallest absolute Gasteiger partial charge is 0.262 e. The number of ether oxygens (including phenoxy) is 1. The highest BCUT2D eigenvalue weighted by atomic mass is 16.5. The number of phenols is 1. The summed E-state index contributed by atoms with van der Waals surface area (Å²) in [5, 5.41) is 16.1. The summed E-state index contributed by atoms with van der Waals surface area (Å²) >= 11 is 0. The van der Waals surface area contributed by atoms with Crippen LogP contribution in [-0.4, -0.2) is 27.3 Å². The number of fused-ring (bicyclic) bond motifs is 1. The molecule has 0 atom stereocenters. The summed E-state index contributed by atoms with van der Waals surface area (Å²) in [6, 6.07) is 14.7. The average Bonchev–Trinajstić information content (AvgIpc) is 3.10. The SMILES string of the molecule is COc1ccc(-c2nc(-c3nccc4ccccc34)no2)c(O)c1. The van der Waals surface area contributed by atoms with E-state index in [1.165, 1.54) is 13.2 Å². The molecule has 4 aromatic rings. The van der Waals surface area contributed by atoms with Gasteiger partial charge in [-0.25, -0.2) is 0 Å².